The van der Waals surface area contributed by atoms with Gasteiger partial charge in [-0.3, -0.25) is 4.79 Å². The first kappa shape index (κ1) is 26.7. The van der Waals surface area contributed by atoms with Gasteiger partial charge >= 0.3 is 5.97 Å². The fourth-order valence-electron chi connectivity index (χ4n) is 4.87. The number of ether oxygens (including phenoxy) is 3. The molecule has 37 heavy (non-hydrogen) atoms. The number of carbonyl (C=O) groups excluding carboxylic acids is 1. The molecule has 3 aromatic carbocycles. The van der Waals surface area contributed by atoms with Gasteiger partial charge in [0.15, 0.2) is 0 Å². The Labute approximate surface area is 219 Å². The van der Waals surface area contributed by atoms with Crippen molar-refractivity contribution in [1.82, 2.24) is 0 Å². The molecule has 1 saturated carbocycles. The van der Waals surface area contributed by atoms with Crippen LogP contribution in [-0.4, -0.2) is 20.2 Å². The number of methoxy groups -OCH3 is 2. The summed E-state index contributed by atoms with van der Waals surface area (Å²) in [6, 6.07) is 19.0. The van der Waals surface area contributed by atoms with Crippen LogP contribution in [0.2, 0.25) is 0 Å². The lowest BCUT2D eigenvalue weighted by molar-refractivity contribution is -0.141. The van der Waals surface area contributed by atoms with Gasteiger partial charge in [0.25, 0.3) is 0 Å². The molecular formula is C32H37FO4. The van der Waals surface area contributed by atoms with Crippen LogP contribution in [0.15, 0.2) is 60.7 Å². The Morgan fingerprint density at radius 1 is 0.973 bits per heavy atom. The van der Waals surface area contributed by atoms with E-state index in [1.54, 1.807) is 19.2 Å². The van der Waals surface area contributed by atoms with Crippen LogP contribution in [0, 0.1) is 17.2 Å². The molecule has 1 atom stereocenters. The first-order valence-corrected chi connectivity index (χ1v) is 12.9. The van der Waals surface area contributed by atoms with Crippen LogP contribution in [0.25, 0.3) is 11.1 Å². The van der Waals surface area contributed by atoms with Crippen LogP contribution in [0.4, 0.5) is 4.39 Å². The molecule has 0 radical (unpaired) electrons. The highest BCUT2D eigenvalue weighted by Gasteiger charge is 2.34. The molecule has 0 heterocycles. The summed E-state index contributed by atoms with van der Waals surface area (Å²) in [5.41, 5.74) is 4.63. The Kier molecular flexibility index (Phi) is 8.21. The molecule has 0 bridgehead atoms. The molecule has 1 aliphatic rings. The lowest BCUT2D eigenvalue weighted by atomic mass is 9.84. The van der Waals surface area contributed by atoms with Crippen LogP contribution < -0.4 is 9.47 Å². The summed E-state index contributed by atoms with van der Waals surface area (Å²) in [6.07, 6.45) is 3.47. The predicted molar refractivity (Wildman–Crippen MR) is 144 cm³/mol. The van der Waals surface area contributed by atoms with Crippen molar-refractivity contribution in [3.63, 3.8) is 0 Å². The van der Waals surface area contributed by atoms with Crippen molar-refractivity contribution in [3.05, 3.63) is 83.2 Å². The van der Waals surface area contributed by atoms with Crippen molar-refractivity contribution >= 4 is 5.97 Å². The van der Waals surface area contributed by atoms with E-state index in [2.05, 4.69) is 32.9 Å². The molecule has 0 spiro atoms. The molecule has 0 unspecified atom stereocenters. The van der Waals surface area contributed by atoms with Crippen molar-refractivity contribution in [2.24, 2.45) is 11.3 Å². The molecule has 4 nitrogen and oxygen atoms in total. The Bertz CT molecular complexity index is 1240. The summed E-state index contributed by atoms with van der Waals surface area (Å²) < 4.78 is 31.3. The Hall–Kier alpha value is -3.34. The number of benzene rings is 3. The van der Waals surface area contributed by atoms with Crippen molar-refractivity contribution in [2.75, 3.05) is 14.2 Å². The van der Waals surface area contributed by atoms with Crippen molar-refractivity contribution in [3.8, 4) is 22.6 Å². The lowest BCUT2D eigenvalue weighted by Crippen LogP contribution is -2.11. The quantitative estimate of drug-likeness (QED) is 0.265. The van der Waals surface area contributed by atoms with Crippen molar-refractivity contribution < 1.29 is 23.4 Å². The summed E-state index contributed by atoms with van der Waals surface area (Å²) in [4.78, 5) is 12.0. The van der Waals surface area contributed by atoms with E-state index in [4.69, 9.17) is 14.2 Å². The van der Waals surface area contributed by atoms with Crippen LogP contribution in [0.1, 0.15) is 62.6 Å². The Balaban J connectivity index is 1.56. The smallest absolute Gasteiger partial charge is 0.306 e. The molecule has 4 rings (SSSR count). The van der Waals surface area contributed by atoms with Gasteiger partial charge in [0.05, 0.1) is 20.6 Å². The van der Waals surface area contributed by atoms with E-state index in [1.165, 1.54) is 13.2 Å². The average molecular weight is 505 g/mol. The molecular weight excluding hydrogens is 467 g/mol. The third-order valence-corrected chi connectivity index (χ3v) is 6.85. The second-order valence-electron chi connectivity index (χ2n) is 11.2. The molecule has 1 fully saturated rings. The predicted octanol–water partition coefficient (Wildman–Crippen LogP) is 7.73. The molecule has 5 heteroatoms. The highest BCUT2D eigenvalue weighted by Crippen LogP contribution is 2.45. The first-order chi connectivity index (χ1) is 17.7. The van der Waals surface area contributed by atoms with Gasteiger partial charge in [-0.25, -0.2) is 4.39 Å². The van der Waals surface area contributed by atoms with Gasteiger partial charge in [-0.15, -0.1) is 0 Å². The maximum Gasteiger partial charge on any atom is 0.306 e. The fraction of sp³-hybridized carbons (Fsp3) is 0.406. The van der Waals surface area contributed by atoms with Gasteiger partial charge < -0.3 is 14.2 Å². The standard InChI is InChI=1S/C32H37FO4/c1-32(2,3)19-24-15-21(9-13-27(24)29-17-25(35-4)12-14-30(29)33)20-37-26-8-6-7-23(16-26)28(22-10-11-22)18-31(34)36-5/h6-9,12-17,22,28H,10-11,18-20H2,1-5H3/t28-/m1/s1. The van der Waals surface area contributed by atoms with Gasteiger partial charge in [0.2, 0.25) is 0 Å². The van der Waals surface area contributed by atoms with E-state index in [0.717, 1.165) is 47.3 Å². The van der Waals surface area contributed by atoms with Gasteiger partial charge in [-0.1, -0.05) is 51.1 Å². The van der Waals surface area contributed by atoms with Crippen LogP contribution >= 0.6 is 0 Å². The molecule has 196 valence electrons. The number of halogens is 1. The third-order valence-electron chi connectivity index (χ3n) is 6.85. The summed E-state index contributed by atoms with van der Waals surface area (Å²) >= 11 is 0. The Morgan fingerprint density at radius 3 is 2.43 bits per heavy atom. The summed E-state index contributed by atoms with van der Waals surface area (Å²) in [5, 5.41) is 0. The maximum atomic E-state index is 14.8. The summed E-state index contributed by atoms with van der Waals surface area (Å²) in [7, 11) is 3.03. The SMILES string of the molecule is COC(=O)C[C@@H](c1cccc(OCc2ccc(-c3cc(OC)ccc3F)c(CC(C)(C)C)c2)c1)C1CC1. The number of hydrogen-bond acceptors (Lipinski definition) is 4. The number of carbonyl (C=O) groups is 1. The summed E-state index contributed by atoms with van der Waals surface area (Å²) in [5.74, 6) is 1.64. The maximum absolute atomic E-state index is 14.8. The number of esters is 1. The second kappa shape index (κ2) is 11.4. The monoisotopic (exact) mass is 504 g/mol. The molecule has 0 aromatic heterocycles. The molecule has 0 amide bonds. The highest BCUT2D eigenvalue weighted by atomic mass is 19.1. The van der Waals surface area contributed by atoms with Crippen LogP contribution in [0.3, 0.4) is 0 Å². The lowest BCUT2D eigenvalue weighted by Gasteiger charge is -2.22. The van der Waals surface area contributed by atoms with E-state index >= 15 is 0 Å². The van der Waals surface area contributed by atoms with Crippen molar-refractivity contribution in [2.45, 2.75) is 59.0 Å². The number of rotatable bonds is 10. The molecule has 0 aliphatic heterocycles. The van der Waals surface area contributed by atoms with Crippen molar-refractivity contribution in [1.29, 1.82) is 0 Å². The highest BCUT2D eigenvalue weighted by molar-refractivity contribution is 5.71. The zero-order chi connectivity index (χ0) is 26.6. The van der Waals surface area contributed by atoms with E-state index in [-0.39, 0.29) is 23.1 Å². The minimum Gasteiger partial charge on any atom is -0.497 e. The molecule has 3 aromatic rings. The van der Waals surface area contributed by atoms with E-state index < -0.39 is 0 Å². The van der Waals surface area contributed by atoms with E-state index in [1.807, 2.05) is 30.3 Å². The van der Waals surface area contributed by atoms with Gasteiger partial charge in [-0.05, 0) is 89.1 Å². The Morgan fingerprint density at radius 2 is 1.76 bits per heavy atom. The first-order valence-electron chi connectivity index (χ1n) is 12.9. The minimum atomic E-state index is -0.269. The van der Waals surface area contributed by atoms with Gasteiger partial charge in [0.1, 0.15) is 23.9 Å². The number of hydrogen-bond donors (Lipinski definition) is 0. The van der Waals surface area contributed by atoms with Crippen LogP contribution in [0.5, 0.6) is 11.5 Å². The normalized spacial score (nSPS) is 14.2. The topological polar surface area (TPSA) is 44.8 Å². The fourth-order valence-corrected chi connectivity index (χ4v) is 4.87. The minimum absolute atomic E-state index is 0.0232. The van der Waals surface area contributed by atoms with E-state index in [9.17, 15) is 9.18 Å². The zero-order valence-electron chi connectivity index (χ0n) is 22.5. The largest absolute Gasteiger partial charge is 0.497 e. The average Bonchev–Trinajstić information content (AvgIpc) is 3.71. The van der Waals surface area contributed by atoms with E-state index in [0.29, 0.717) is 30.3 Å². The third kappa shape index (κ3) is 7.12. The van der Waals surface area contributed by atoms with Crippen LogP contribution in [-0.2, 0) is 22.6 Å². The molecule has 0 saturated heterocycles. The second-order valence-corrected chi connectivity index (χ2v) is 11.2. The van der Waals surface area contributed by atoms with Gasteiger partial charge in [-0.2, -0.15) is 0 Å². The van der Waals surface area contributed by atoms with Gasteiger partial charge in [0, 0.05) is 5.56 Å². The molecule has 1 aliphatic carbocycles. The summed E-state index contributed by atoms with van der Waals surface area (Å²) in [6.45, 7) is 6.93. The zero-order valence-corrected chi connectivity index (χ0v) is 22.5. The molecule has 0 N–H and O–H groups in total.